The number of nitrogens with one attached hydrogen (secondary N) is 1. The number of β-amino-alcohol motifs (C(OH)–C–C–N with tert-alkyl or cyclic N) is 1. The second kappa shape index (κ2) is 11.9. The normalized spacial score (nSPS) is 29.6. The monoisotopic (exact) mass is 495 g/mol. The second-order valence-corrected chi connectivity index (χ2v) is 11.4. The summed E-state index contributed by atoms with van der Waals surface area (Å²) in [6, 6.07) is 7.80. The maximum absolute atomic E-state index is 13.4. The number of aliphatic hydroxyl groups is 1. The molecule has 1 amide bonds. The van der Waals surface area contributed by atoms with Crippen LogP contribution in [0.4, 0.5) is 0 Å². The predicted molar refractivity (Wildman–Crippen MR) is 127 cm³/mol. The second-order valence-electron chi connectivity index (χ2n) is 9.48. The lowest BCUT2D eigenvalue weighted by Crippen LogP contribution is -2.57. The first-order chi connectivity index (χ1) is 16.4. The molecule has 9 nitrogen and oxygen atoms in total. The van der Waals surface area contributed by atoms with Gasteiger partial charge in [0.1, 0.15) is 0 Å². The Kier molecular flexibility index (Phi) is 8.95. The molecule has 34 heavy (non-hydrogen) atoms. The van der Waals surface area contributed by atoms with Crippen molar-refractivity contribution >= 4 is 15.9 Å². The molecule has 0 spiro atoms. The average molecular weight is 496 g/mol. The number of benzene rings is 1. The van der Waals surface area contributed by atoms with Gasteiger partial charge in [-0.25, -0.2) is 8.42 Å². The van der Waals surface area contributed by atoms with Gasteiger partial charge in [0.05, 0.1) is 48.9 Å². The molecule has 3 aliphatic rings. The Morgan fingerprint density at radius 3 is 2.62 bits per heavy atom. The van der Waals surface area contributed by atoms with E-state index in [-0.39, 0.29) is 43.1 Å². The minimum atomic E-state index is -3.81. The summed E-state index contributed by atoms with van der Waals surface area (Å²) < 4.78 is 40.0. The van der Waals surface area contributed by atoms with Gasteiger partial charge < -0.3 is 24.8 Å². The summed E-state index contributed by atoms with van der Waals surface area (Å²) in [7, 11) is -3.81. The van der Waals surface area contributed by atoms with Gasteiger partial charge >= 0.3 is 0 Å². The van der Waals surface area contributed by atoms with Gasteiger partial charge in [0, 0.05) is 19.6 Å². The number of likely N-dealkylation sites (tertiary alicyclic amines) is 1. The average Bonchev–Trinajstić information content (AvgIpc) is 2.83. The van der Waals surface area contributed by atoms with Crippen molar-refractivity contribution in [3.05, 3.63) is 30.3 Å². The minimum Gasteiger partial charge on any atom is -0.389 e. The van der Waals surface area contributed by atoms with Gasteiger partial charge in [-0.05, 0) is 50.9 Å². The Bertz CT molecular complexity index is 893. The van der Waals surface area contributed by atoms with Crippen molar-refractivity contribution < 1.29 is 27.8 Å². The van der Waals surface area contributed by atoms with E-state index in [0.29, 0.717) is 19.4 Å². The smallest absolute Gasteiger partial charge is 0.243 e. The minimum absolute atomic E-state index is 0.0367. The molecule has 0 saturated carbocycles. The molecular formula is C24H37N3O6S. The Labute approximate surface area is 202 Å². The summed E-state index contributed by atoms with van der Waals surface area (Å²) in [6.07, 6.45) is 3.40. The number of hydrogen-bond donors (Lipinski definition) is 2. The third-order valence-corrected chi connectivity index (χ3v) is 8.80. The van der Waals surface area contributed by atoms with E-state index in [9.17, 15) is 18.3 Å². The SMILES string of the molecule is O=C(C[C@@H]1CC[C@@H]2[C@H](COC[C@H](O)CN2S(=O)(=O)c2ccccc2)O1)NCCN1CCCCC1. The lowest BCUT2D eigenvalue weighted by Gasteiger charge is -2.43. The zero-order valence-electron chi connectivity index (χ0n) is 19.7. The molecule has 4 rings (SSSR count). The number of amides is 1. The molecule has 1 aromatic rings. The van der Waals surface area contributed by atoms with Crippen LogP contribution in [-0.4, -0.2) is 98.9 Å². The molecule has 0 unspecified atom stereocenters. The van der Waals surface area contributed by atoms with E-state index >= 15 is 0 Å². The van der Waals surface area contributed by atoms with Crippen molar-refractivity contribution in [2.45, 2.75) is 67.8 Å². The maximum Gasteiger partial charge on any atom is 0.243 e. The number of hydrogen-bond acceptors (Lipinski definition) is 7. The quantitative estimate of drug-likeness (QED) is 0.580. The highest BCUT2D eigenvalue weighted by molar-refractivity contribution is 7.89. The van der Waals surface area contributed by atoms with Crippen molar-refractivity contribution in [2.24, 2.45) is 0 Å². The zero-order valence-corrected chi connectivity index (χ0v) is 20.5. The molecule has 10 heteroatoms. The lowest BCUT2D eigenvalue weighted by molar-refractivity contribution is -0.146. The van der Waals surface area contributed by atoms with E-state index in [0.717, 1.165) is 19.6 Å². The fraction of sp³-hybridized carbons (Fsp3) is 0.708. The van der Waals surface area contributed by atoms with Crippen LogP contribution in [0.5, 0.6) is 0 Å². The molecule has 2 N–H and O–H groups in total. The molecule has 3 aliphatic heterocycles. The molecule has 190 valence electrons. The Morgan fingerprint density at radius 2 is 1.85 bits per heavy atom. The van der Waals surface area contributed by atoms with E-state index in [1.165, 1.54) is 23.6 Å². The van der Waals surface area contributed by atoms with E-state index in [2.05, 4.69) is 10.2 Å². The highest BCUT2D eigenvalue weighted by Crippen LogP contribution is 2.31. The van der Waals surface area contributed by atoms with E-state index in [4.69, 9.17) is 9.47 Å². The summed E-state index contributed by atoms with van der Waals surface area (Å²) in [5, 5.41) is 13.3. The van der Waals surface area contributed by atoms with Crippen LogP contribution in [-0.2, 0) is 24.3 Å². The highest BCUT2D eigenvalue weighted by Gasteiger charge is 2.43. The highest BCUT2D eigenvalue weighted by atomic mass is 32.2. The van der Waals surface area contributed by atoms with Crippen LogP contribution in [0.2, 0.25) is 0 Å². The summed E-state index contributed by atoms with van der Waals surface area (Å²) in [6.45, 7) is 3.85. The van der Waals surface area contributed by atoms with Crippen molar-refractivity contribution in [3.8, 4) is 0 Å². The molecule has 0 aliphatic carbocycles. The van der Waals surface area contributed by atoms with Crippen molar-refractivity contribution in [1.29, 1.82) is 0 Å². The first kappa shape index (κ1) is 25.5. The number of fused-ring (bicyclic) bond motifs is 1. The summed E-state index contributed by atoms with van der Waals surface area (Å²) in [5.41, 5.74) is 0. The van der Waals surface area contributed by atoms with Crippen LogP contribution < -0.4 is 5.32 Å². The number of aliphatic hydroxyl groups excluding tert-OH is 1. The summed E-state index contributed by atoms with van der Waals surface area (Å²) in [5.74, 6) is -0.0450. The van der Waals surface area contributed by atoms with Crippen LogP contribution >= 0.6 is 0 Å². The van der Waals surface area contributed by atoms with Crippen molar-refractivity contribution in [3.63, 3.8) is 0 Å². The predicted octanol–water partition coefficient (Wildman–Crippen LogP) is 0.977. The van der Waals surface area contributed by atoms with Crippen LogP contribution in [0.25, 0.3) is 0 Å². The van der Waals surface area contributed by atoms with E-state index in [1.54, 1.807) is 30.3 Å². The molecule has 3 fully saturated rings. The summed E-state index contributed by atoms with van der Waals surface area (Å²) in [4.78, 5) is 15.1. The molecule has 4 atom stereocenters. The Hall–Kier alpha value is -1.56. The van der Waals surface area contributed by atoms with Gasteiger partial charge in [0.15, 0.2) is 0 Å². The Balaban J connectivity index is 1.35. The van der Waals surface area contributed by atoms with Gasteiger partial charge in [-0.15, -0.1) is 0 Å². The molecule has 3 heterocycles. The fourth-order valence-electron chi connectivity index (χ4n) is 5.11. The first-order valence-corrected chi connectivity index (χ1v) is 13.8. The molecule has 0 aromatic heterocycles. The van der Waals surface area contributed by atoms with Gasteiger partial charge in [-0.1, -0.05) is 24.6 Å². The van der Waals surface area contributed by atoms with Crippen LogP contribution in [0.1, 0.15) is 38.5 Å². The third kappa shape index (κ3) is 6.56. The third-order valence-electron chi connectivity index (χ3n) is 6.90. The van der Waals surface area contributed by atoms with Crippen LogP contribution in [0.3, 0.4) is 0 Å². The lowest BCUT2D eigenvalue weighted by atomic mass is 9.96. The van der Waals surface area contributed by atoms with Crippen molar-refractivity contribution in [1.82, 2.24) is 14.5 Å². The number of piperidine rings is 1. The number of carbonyl (C=O) groups is 1. The number of rotatable bonds is 7. The number of sulfonamides is 1. The standard InChI is InChI=1S/C24H37N3O6S/c28-19-16-27(34(30,31)21-7-3-1-4-8-21)22-10-9-20(33-23(22)18-32-17-19)15-24(29)25-11-14-26-12-5-2-6-13-26/h1,3-4,7-8,19-20,22-23,28H,2,5-6,9-18H2,(H,25,29)/t19-,20+,22-,23+/m1/s1. The maximum atomic E-state index is 13.4. The van der Waals surface area contributed by atoms with E-state index in [1.807, 2.05) is 0 Å². The zero-order chi connectivity index (χ0) is 24.0. The number of carbonyl (C=O) groups excluding carboxylic acids is 1. The van der Waals surface area contributed by atoms with Crippen LogP contribution in [0, 0.1) is 0 Å². The molecule has 3 saturated heterocycles. The van der Waals surface area contributed by atoms with Crippen LogP contribution in [0.15, 0.2) is 35.2 Å². The molecule has 1 aromatic carbocycles. The summed E-state index contributed by atoms with van der Waals surface area (Å²) >= 11 is 0. The van der Waals surface area contributed by atoms with Gasteiger partial charge in [0.2, 0.25) is 15.9 Å². The van der Waals surface area contributed by atoms with Gasteiger partial charge in [0.25, 0.3) is 0 Å². The Morgan fingerprint density at radius 1 is 1.09 bits per heavy atom. The van der Waals surface area contributed by atoms with Gasteiger partial charge in [-0.3, -0.25) is 4.79 Å². The van der Waals surface area contributed by atoms with E-state index < -0.39 is 28.3 Å². The number of nitrogens with zero attached hydrogens (tertiary/aromatic N) is 2. The fourth-order valence-corrected chi connectivity index (χ4v) is 6.85. The molecular weight excluding hydrogens is 458 g/mol. The first-order valence-electron chi connectivity index (χ1n) is 12.4. The number of ether oxygens (including phenoxy) is 2. The topological polar surface area (TPSA) is 108 Å². The van der Waals surface area contributed by atoms with Gasteiger partial charge in [-0.2, -0.15) is 4.31 Å². The van der Waals surface area contributed by atoms with Crippen molar-refractivity contribution in [2.75, 3.05) is 45.9 Å². The molecule has 0 radical (unpaired) electrons. The largest absolute Gasteiger partial charge is 0.389 e. The molecule has 0 bridgehead atoms.